The number of ether oxygens (including phenoxy) is 1. The third-order valence-corrected chi connectivity index (χ3v) is 4.25. The molecule has 2 N–H and O–H groups in total. The molecule has 0 saturated heterocycles. The van der Waals surface area contributed by atoms with Crippen molar-refractivity contribution in [1.82, 2.24) is 9.97 Å². The van der Waals surface area contributed by atoms with E-state index in [2.05, 4.69) is 15.3 Å². The molecular weight excluding hydrogens is 344 g/mol. The third-order valence-electron chi connectivity index (χ3n) is 3.38. The van der Waals surface area contributed by atoms with E-state index < -0.39 is 4.92 Å². The number of amides is 1. The van der Waals surface area contributed by atoms with Gasteiger partial charge in [-0.25, -0.2) is 4.98 Å². The summed E-state index contributed by atoms with van der Waals surface area (Å²) < 4.78 is 5.10. The van der Waals surface area contributed by atoms with Crippen molar-refractivity contribution in [2.24, 2.45) is 0 Å². The number of rotatable bonds is 6. The predicted octanol–water partition coefficient (Wildman–Crippen LogP) is 3.21. The van der Waals surface area contributed by atoms with Gasteiger partial charge in [-0.1, -0.05) is 23.9 Å². The third kappa shape index (κ3) is 3.89. The van der Waals surface area contributed by atoms with Crippen LogP contribution >= 0.6 is 11.8 Å². The zero-order chi connectivity index (χ0) is 17.8. The number of non-ortho nitro benzene ring substituents is 1. The fourth-order valence-corrected chi connectivity index (χ4v) is 2.90. The highest BCUT2D eigenvalue weighted by Crippen LogP contribution is 2.29. The summed E-state index contributed by atoms with van der Waals surface area (Å²) in [6.45, 7) is 0. The molecule has 0 spiro atoms. The number of fused-ring (bicyclic) bond motifs is 1. The van der Waals surface area contributed by atoms with Gasteiger partial charge in [0.05, 0.1) is 40.6 Å². The van der Waals surface area contributed by atoms with Crippen molar-refractivity contribution in [2.45, 2.75) is 5.16 Å². The van der Waals surface area contributed by atoms with Crippen molar-refractivity contribution in [3.8, 4) is 5.75 Å². The zero-order valence-electron chi connectivity index (χ0n) is 13.2. The largest absolute Gasteiger partial charge is 0.494 e. The Hall–Kier alpha value is -3.07. The summed E-state index contributed by atoms with van der Waals surface area (Å²) >= 11 is 1.27. The van der Waals surface area contributed by atoms with Gasteiger partial charge in [0, 0.05) is 6.07 Å². The lowest BCUT2D eigenvalue weighted by Gasteiger charge is -2.09. The molecule has 0 unspecified atom stereocenters. The average molecular weight is 358 g/mol. The van der Waals surface area contributed by atoms with Crippen molar-refractivity contribution in [3.05, 3.63) is 52.6 Å². The fraction of sp³-hybridized carbons (Fsp3) is 0.125. The molecule has 0 bridgehead atoms. The Bertz CT molecular complexity index is 908. The van der Waals surface area contributed by atoms with Gasteiger partial charge in [0.2, 0.25) is 5.91 Å². The zero-order valence-corrected chi connectivity index (χ0v) is 14.0. The summed E-state index contributed by atoms with van der Waals surface area (Å²) in [5.41, 5.74) is 2.01. The Balaban J connectivity index is 1.65. The second kappa shape index (κ2) is 7.22. The number of aromatic nitrogens is 2. The van der Waals surface area contributed by atoms with Crippen LogP contribution in [0.25, 0.3) is 11.0 Å². The average Bonchev–Trinajstić information content (AvgIpc) is 3.03. The quantitative estimate of drug-likeness (QED) is 0.398. The lowest BCUT2D eigenvalue weighted by Crippen LogP contribution is -2.14. The maximum absolute atomic E-state index is 12.1. The molecule has 1 amide bonds. The van der Waals surface area contributed by atoms with E-state index in [9.17, 15) is 14.9 Å². The van der Waals surface area contributed by atoms with Gasteiger partial charge in [-0.05, 0) is 18.2 Å². The lowest BCUT2D eigenvalue weighted by molar-refractivity contribution is -0.384. The molecule has 0 fully saturated rings. The molecule has 2 aromatic carbocycles. The van der Waals surface area contributed by atoms with E-state index in [1.165, 1.54) is 37.1 Å². The summed E-state index contributed by atoms with van der Waals surface area (Å²) in [4.78, 5) is 29.9. The monoisotopic (exact) mass is 358 g/mol. The Labute approximate surface area is 146 Å². The highest BCUT2D eigenvalue weighted by Gasteiger charge is 2.14. The molecule has 0 aliphatic heterocycles. The highest BCUT2D eigenvalue weighted by molar-refractivity contribution is 7.99. The van der Waals surface area contributed by atoms with Crippen molar-refractivity contribution >= 4 is 40.1 Å². The predicted molar refractivity (Wildman–Crippen MR) is 95.1 cm³/mol. The molecular formula is C16H14N4O4S. The Morgan fingerprint density at radius 3 is 2.88 bits per heavy atom. The van der Waals surface area contributed by atoms with Crippen LogP contribution in [-0.4, -0.2) is 33.7 Å². The van der Waals surface area contributed by atoms with Crippen LogP contribution in [0.5, 0.6) is 5.75 Å². The SMILES string of the molecule is COc1cc([N+](=O)[O-])ccc1NC(=O)CSc1nc2ccccc2[nH]1. The second-order valence-corrected chi connectivity index (χ2v) is 6.00. The first-order chi connectivity index (χ1) is 12.1. The van der Waals surface area contributed by atoms with Crippen molar-refractivity contribution in [1.29, 1.82) is 0 Å². The van der Waals surface area contributed by atoms with Crippen LogP contribution in [0.2, 0.25) is 0 Å². The normalized spacial score (nSPS) is 10.6. The molecule has 25 heavy (non-hydrogen) atoms. The highest BCUT2D eigenvalue weighted by atomic mass is 32.2. The van der Waals surface area contributed by atoms with Gasteiger partial charge in [-0.2, -0.15) is 0 Å². The number of hydrogen-bond donors (Lipinski definition) is 2. The van der Waals surface area contributed by atoms with Gasteiger partial charge in [0.15, 0.2) is 5.16 Å². The van der Waals surface area contributed by atoms with Crippen LogP contribution in [0.1, 0.15) is 0 Å². The van der Waals surface area contributed by atoms with E-state index in [0.717, 1.165) is 11.0 Å². The molecule has 3 aromatic rings. The summed E-state index contributed by atoms with van der Waals surface area (Å²) in [6, 6.07) is 11.6. The summed E-state index contributed by atoms with van der Waals surface area (Å²) in [5, 5.41) is 14.1. The van der Waals surface area contributed by atoms with E-state index >= 15 is 0 Å². The van der Waals surface area contributed by atoms with E-state index in [1.54, 1.807) is 0 Å². The van der Waals surface area contributed by atoms with Crippen LogP contribution in [-0.2, 0) is 4.79 Å². The van der Waals surface area contributed by atoms with Crippen LogP contribution in [0.3, 0.4) is 0 Å². The molecule has 0 radical (unpaired) electrons. The lowest BCUT2D eigenvalue weighted by atomic mass is 10.2. The number of thioether (sulfide) groups is 1. The van der Waals surface area contributed by atoms with Crippen LogP contribution in [0, 0.1) is 10.1 Å². The second-order valence-electron chi connectivity index (χ2n) is 5.04. The number of methoxy groups -OCH3 is 1. The molecule has 0 aliphatic carbocycles. The summed E-state index contributed by atoms with van der Waals surface area (Å²) in [6.07, 6.45) is 0. The van der Waals surface area contributed by atoms with Gasteiger partial charge in [-0.15, -0.1) is 0 Å². The number of para-hydroxylation sites is 2. The van der Waals surface area contributed by atoms with Crippen molar-refractivity contribution in [3.63, 3.8) is 0 Å². The first-order valence-corrected chi connectivity index (χ1v) is 8.25. The Kier molecular flexibility index (Phi) is 4.85. The minimum atomic E-state index is -0.522. The number of nitro benzene ring substituents is 1. The van der Waals surface area contributed by atoms with Crippen molar-refractivity contribution in [2.75, 3.05) is 18.2 Å². The van der Waals surface area contributed by atoms with Gasteiger partial charge in [0.1, 0.15) is 5.75 Å². The van der Waals surface area contributed by atoms with E-state index in [1.807, 2.05) is 24.3 Å². The van der Waals surface area contributed by atoms with E-state index in [4.69, 9.17) is 4.74 Å². The van der Waals surface area contributed by atoms with Gasteiger partial charge in [0.25, 0.3) is 5.69 Å². The van der Waals surface area contributed by atoms with Crippen molar-refractivity contribution < 1.29 is 14.5 Å². The number of benzene rings is 2. The molecule has 1 aromatic heterocycles. The minimum Gasteiger partial charge on any atom is -0.494 e. The Morgan fingerprint density at radius 2 is 2.16 bits per heavy atom. The molecule has 0 atom stereocenters. The smallest absolute Gasteiger partial charge is 0.273 e. The molecule has 128 valence electrons. The number of anilines is 1. The molecule has 9 heteroatoms. The molecule has 1 heterocycles. The van der Waals surface area contributed by atoms with Gasteiger partial charge >= 0.3 is 0 Å². The number of H-pyrrole nitrogens is 1. The van der Waals surface area contributed by atoms with Crippen LogP contribution in [0.15, 0.2) is 47.6 Å². The maximum atomic E-state index is 12.1. The number of nitro groups is 1. The number of carbonyl (C=O) groups is 1. The van der Waals surface area contributed by atoms with Gasteiger partial charge in [-0.3, -0.25) is 14.9 Å². The molecule has 0 aliphatic rings. The number of nitrogens with one attached hydrogen (secondary N) is 2. The standard InChI is InChI=1S/C16H14N4O4S/c1-24-14-8-10(20(22)23)6-7-13(14)17-15(21)9-25-16-18-11-4-2-3-5-12(11)19-16/h2-8H,9H2,1H3,(H,17,21)(H,18,19). The number of carbonyl (C=O) groups excluding carboxylic acids is 1. The summed E-state index contributed by atoms with van der Waals surface area (Å²) in [5.74, 6) is 0.105. The van der Waals surface area contributed by atoms with Gasteiger partial charge < -0.3 is 15.0 Å². The first kappa shape index (κ1) is 16.8. The Morgan fingerprint density at radius 1 is 1.36 bits per heavy atom. The fourth-order valence-electron chi connectivity index (χ4n) is 2.21. The van der Waals surface area contributed by atoms with E-state index in [-0.39, 0.29) is 23.1 Å². The molecule has 0 saturated carbocycles. The minimum absolute atomic E-state index is 0.105. The summed E-state index contributed by atoms with van der Waals surface area (Å²) in [7, 11) is 1.39. The number of aromatic amines is 1. The number of hydrogen-bond acceptors (Lipinski definition) is 6. The number of nitrogens with zero attached hydrogens (tertiary/aromatic N) is 2. The molecule has 3 rings (SSSR count). The van der Waals surface area contributed by atoms with Crippen LogP contribution in [0.4, 0.5) is 11.4 Å². The van der Waals surface area contributed by atoms with Crippen LogP contribution < -0.4 is 10.1 Å². The van der Waals surface area contributed by atoms with E-state index in [0.29, 0.717) is 10.8 Å². The first-order valence-electron chi connectivity index (χ1n) is 7.26. The topological polar surface area (TPSA) is 110 Å². The molecule has 8 nitrogen and oxygen atoms in total. The number of imidazole rings is 1. The maximum Gasteiger partial charge on any atom is 0.273 e.